The molecule has 6 nitrogen and oxygen atoms in total. The Morgan fingerprint density at radius 2 is 2.00 bits per heavy atom. The number of aliphatic imine (C=N–C) groups is 1. The van der Waals surface area contributed by atoms with E-state index in [1.54, 1.807) is 0 Å². The molecule has 0 aromatic carbocycles. The molecule has 2 atom stereocenters. The first-order chi connectivity index (χ1) is 12.0. The van der Waals surface area contributed by atoms with E-state index in [-0.39, 0.29) is 24.0 Å². The zero-order valence-electron chi connectivity index (χ0n) is 16.7. The molecule has 26 heavy (non-hydrogen) atoms. The van der Waals surface area contributed by atoms with Crippen LogP contribution in [0.1, 0.15) is 57.6 Å². The van der Waals surface area contributed by atoms with Crippen LogP contribution in [0.2, 0.25) is 0 Å². The molecule has 1 aromatic heterocycles. The number of guanidine groups is 1. The van der Waals surface area contributed by atoms with Crippen LogP contribution < -0.4 is 10.6 Å². The monoisotopic (exact) mass is 474 g/mol. The molecular weight excluding hydrogens is 439 g/mol. The Morgan fingerprint density at radius 3 is 2.58 bits per heavy atom. The summed E-state index contributed by atoms with van der Waals surface area (Å²) in [4.78, 5) is 4.70. The molecule has 148 valence electrons. The van der Waals surface area contributed by atoms with Crippen LogP contribution in [0.4, 0.5) is 0 Å². The first-order valence-corrected chi connectivity index (χ1v) is 9.53. The van der Waals surface area contributed by atoms with Gasteiger partial charge in [-0.2, -0.15) is 0 Å². The molecule has 2 unspecified atom stereocenters. The molecule has 0 bridgehead atoms. The number of halogens is 1. The van der Waals surface area contributed by atoms with Gasteiger partial charge in [0.1, 0.15) is 12.4 Å². The molecule has 0 aliphatic heterocycles. The van der Waals surface area contributed by atoms with E-state index in [4.69, 9.17) is 4.99 Å². The van der Waals surface area contributed by atoms with Crippen LogP contribution >= 0.6 is 24.0 Å². The molecular formula is C19H35IN6. The van der Waals surface area contributed by atoms with Gasteiger partial charge in [-0.05, 0) is 25.7 Å². The van der Waals surface area contributed by atoms with Crippen molar-refractivity contribution in [3.8, 4) is 0 Å². The third kappa shape index (κ3) is 6.55. The molecule has 1 aliphatic rings. The number of hydrogen-bond donors (Lipinski definition) is 2. The molecule has 2 N–H and O–H groups in total. The van der Waals surface area contributed by atoms with Gasteiger partial charge in [0.05, 0.1) is 0 Å². The van der Waals surface area contributed by atoms with Crippen LogP contribution in [0.3, 0.4) is 0 Å². The number of nitrogens with zero attached hydrogens (tertiary/aromatic N) is 4. The average molecular weight is 474 g/mol. The second-order valence-corrected chi connectivity index (χ2v) is 7.25. The predicted molar refractivity (Wildman–Crippen MR) is 119 cm³/mol. The van der Waals surface area contributed by atoms with E-state index in [0.29, 0.717) is 25.0 Å². The average Bonchev–Trinajstić information content (AvgIpc) is 2.95. The van der Waals surface area contributed by atoms with Gasteiger partial charge in [-0.15, -0.1) is 40.8 Å². The number of hydrogen-bond acceptors (Lipinski definition) is 3. The molecule has 2 rings (SSSR count). The Labute approximate surface area is 175 Å². The van der Waals surface area contributed by atoms with Gasteiger partial charge in [0.2, 0.25) is 0 Å². The lowest BCUT2D eigenvalue weighted by Gasteiger charge is -2.32. The van der Waals surface area contributed by atoms with Crippen LogP contribution in [-0.2, 0) is 13.6 Å². The van der Waals surface area contributed by atoms with Crippen molar-refractivity contribution in [1.82, 2.24) is 25.4 Å². The summed E-state index contributed by atoms with van der Waals surface area (Å²) in [6, 6.07) is 0.375. The molecule has 0 amide bonds. The summed E-state index contributed by atoms with van der Waals surface area (Å²) in [6.45, 7) is 11.6. The third-order valence-corrected chi connectivity index (χ3v) is 5.52. The fourth-order valence-corrected chi connectivity index (χ4v) is 3.48. The number of nitrogens with one attached hydrogen (secondary N) is 2. The van der Waals surface area contributed by atoms with Crippen molar-refractivity contribution in [2.24, 2.45) is 23.9 Å². The molecule has 1 aliphatic carbocycles. The Hall–Kier alpha value is -1.12. The minimum atomic E-state index is 0. The largest absolute Gasteiger partial charge is 0.354 e. The maximum Gasteiger partial charge on any atom is 0.192 e. The fraction of sp³-hybridized carbons (Fsp3) is 0.737. The molecule has 0 saturated heterocycles. The molecule has 1 heterocycles. The fourth-order valence-electron chi connectivity index (χ4n) is 3.48. The van der Waals surface area contributed by atoms with Gasteiger partial charge in [-0.3, -0.25) is 0 Å². The van der Waals surface area contributed by atoms with Crippen molar-refractivity contribution in [3.63, 3.8) is 0 Å². The van der Waals surface area contributed by atoms with Gasteiger partial charge in [-0.1, -0.05) is 45.1 Å². The van der Waals surface area contributed by atoms with Gasteiger partial charge in [0.15, 0.2) is 11.8 Å². The Morgan fingerprint density at radius 1 is 1.31 bits per heavy atom. The van der Waals surface area contributed by atoms with Gasteiger partial charge in [0.25, 0.3) is 0 Å². The summed E-state index contributed by atoms with van der Waals surface area (Å²) in [7, 11) is 1.97. The highest BCUT2D eigenvalue weighted by Crippen LogP contribution is 2.31. The van der Waals surface area contributed by atoms with Gasteiger partial charge >= 0.3 is 0 Å². The summed E-state index contributed by atoms with van der Waals surface area (Å²) in [5.74, 6) is 4.03. The van der Waals surface area contributed by atoms with E-state index in [9.17, 15) is 0 Å². The Kier molecular flexibility index (Phi) is 10.2. The first-order valence-electron chi connectivity index (χ1n) is 9.53. The molecule has 1 aromatic rings. The third-order valence-electron chi connectivity index (χ3n) is 5.52. The van der Waals surface area contributed by atoms with E-state index in [1.807, 2.05) is 24.6 Å². The summed E-state index contributed by atoms with van der Waals surface area (Å²) >= 11 is 0. The summed E-state index contributed by atoms with van der Waals surface area (Å²) in [6.07, 6.45) is 8.72. The predicted octanol–water partition coefficient (Wildman–Crippen LogP) is 3.57. The SMILES string of the molecule is C=CCNC(=NCc1nnc(C)n1C)NC(C)C(C)C1CCCCC1.I. The number of aryl methyl sites for hydroxylation is 1. The summed E-state index contributed by atoms with van der Waals surface area (Å²) in [5, 5.41) is 15.2. The van der Waals surface area contributed by atoms with Crippen LogP contribution in [0, 0.1) is 18.8 Å². The van der Waals surface area contributed by atoms with Crippen LogP contribution in [0.25, 0.3) is 0 Å². The van der Waals surface area contributed by atoms with E-state index in [2.05, 4.69) is 41.3 Å². The second kappa shape index (κ2) is 11.6. The standard InChI is InChI=1S/C19H34N6.HI/c1-6-12-20-19(21-13-18-24-23-16(4)25(18)5)22-15(3)14(2)17-10-8-7-9-11-17;/h6,14-15,17H,1,7-13H2,2-5H3,(H2,20,21,22);1H. The molecule has 7 heteroatoms. The van der Waals surface area contributed by atoms with Crippen molar-refractivity contribution in [2.75, 3.05) is 6.54 Å². The van der Waals surface area contributed by atoms with E-state index >= 15 is 0 Å². The van der Waals surface area contributed by atoms with Crippen molar-refractivity contribution in [2.45, 2.75) is 65.5 Å². The number of rotatable bonds is 7. The van der Waals surface area contributed by atoms with Crippen molar-refractivity contribution in [3.05, 3.63) is 24.3 Å². The molecule has 0 radical (unpaired) electrons. The maximum absolute atomic E-state index is 4.70. The lowest BCUT2D eigenvalue weighted by Crippen LogP contribution is -2.46. The smallest absolute Gasteiger partial charge is 0.192 e. The zero-order valence-corrected chi connectivity index (χ0v) is 19.0. The topological polar surface area (TPSA) is 67.1 Å². The minimum Gasteiger partial charge on any atom is -0.354 e. The van der Waals surface area contributed by atoms with Crippen molar-refractivity contribution >= 4 is 29.9 Å². The summed E-state index contributed by atoms with van der Waals surface area (Å²) in [5.41, 5.74) is 0. The van der Waals surface area contributed by atoms with Crippen molar-refractivity contribution in [1.29, 1.82) is 0 Å². The van der Waals surface area contributed by atoms with Crippen LogP contribution in [0.5, 0.6) is 0 Å². The highest BCUT2D eigenvalue weighted by Gasteiger charge is 2.25. The highest BCUT2D eigenvalue weighted by molar-refractivity contribution is 14.0. The quantitative estimate of drug-likeness (QED) is 0.275. The van der Waals surface area contributed by atoms with Gasteiger partial charge in [-0.25, -0.2) is 4.99 Å². The van der Waals surface area contributed by atoms with Crippen molar-refractivity contribution < 1.29 is 0 Å². The highest BCUT2D eigenvalue weighted by atomic mass is 127. The van der Waals surface area contributed by atoms with Gasteiger partial charge in [0, 0.05) is 19.6 Å². The second-order valence-electron chi connectivity index (χ2n) is 7.25. The maximum atomic E-state index is 4.70. The van der Waals surface area contributed by atoms with Crippen LogP contribution in [-0.4, -0.2) is 33.3 Å². The lowest BCUT2D eigenvalue weighted by molar-refractivity contribution is 0.229. The molecule has 1 fully saturated rings. The van der Waals surface area contributed by atoms with E-state index < -0.39 is 0 Å². The first kappa shape index (κ1) is 22.9. The normalized spacial score (nSPS) is 17.9. The van der Waals surface area contributed by atoms with E-state index in [0.717, 1.165) is 23.5 Å². The Balaban J connectivity index is 0.00000338. The minimum absolute atomic E-state index is 0. The summed E-state index contributed by atoms with van der Waals surface area (Å²) < 4.78 is 1.97. The number of aromatic nitrogens is 3. The Bertz CT molecular complexity index is 577. The molecule has 1 saturated carbocycles. The van der Waals surface area contributed by atoms with Gasteiger partial charge < -0.3 is 15.2 Å². The lowest BCUT2D eigenvalue weighted by atomic mass is 9.78. The van der Waals surface area contributed by atoms with E-state index in [1.165, 1.54) is 32.1 Å². The van der Waals surface area contributed by atoms with Crippen LogP contribution in [0.15, 0.2) is 17.6 Å². The molecule has 0 spiro atoms. The zero-order chi connectivity index (χ0) is 18.2.